The number of phenolic OH excluding ortho intramolecular Hbond substituents is 1. The Morgan fingerprint density at radius 2 is 1.95 bits per heavy atom. The summed E-state index contributed by atoms with van der Waals surface area (Å²) in [5, 5.41) is 38.0. The van der Waals surface area contributed by atoms with Gasteiger partial charge in [-0.05, 0) is 77.0 Å². The highest BCUT2D eigenvalue weighted by Gasteiger charge is 2.73. The highest BCUT2D eigenvalue weighted by atomic mass is 16.6. The summed E-state index contributed by atoms with van der Waals surface area (Å²) in [6, 6.07) is 3.04. The van der Waals surface area contributed by atoms with E-state index in [-0.39, 0.29) is 48.0 Å². The Labute approximate surface area is 233 Å². The lowest BCUT2D eigenvalue weighted by atomic mass is 9.49. The number of aliphatic hydroxyl groups excluding tert-OH is 1. The lowest BCUT2D eigenvalue weighted by molar-refractivity contribution is -0.173. The highest BCUT2D eigenvalue weighted by molar-refractivity contribution is 5.95. The normalized spacial score (nSPS) is 34.4. The predicted molar refractivity (Wildman–Crippen MR) is 144 cm³/mol. The van der Waals surface area contributed by atoms with E-state index in [0.29, 0.717) is 37.5 Å². The summed E-state index contributed by atoms with van der Waals surface area (Å²) in [5.74, 6) is 0.433. The fourth-order valence-corrected chi connectivity index (χ4v) is 8.08. The van der Waals surface area contributed by atoms with Crippen LogP contribution in [0.4, 0.5) is 4.79 Å². The number of ether oxygens (including phenoxy) is 2. The summed E-state index contributed by atoms with van der Waals surface area (Å²) in [5.41, 5.74) is -0.913. The van der Waals surface area contributed by atoms with E-state index in [0.717, 1.165) is 24.2 Å². The second-order valence-electron chi connectivity index (χ2n) is 13.7. The first-order valence-electron chi connectivity index (χ1n) is 14.6. The van der Waals surface area contributed by atoms with Crippen molar-refractivity contribution in [3.05, 3.63) is 34.6 Å². The summed E-state index contributed by atoms with van der Waals surface area (Å²) in [4.78, 5) is 30.2. The second kappa shape index (κ2) is 8.52. The highest BCUT2D eigenvalue weighted by Crippen LogP contribution is 2.66. The van der Waals surface area contributed by atoms with Crippen LogP contribution in [0.5, 0.6) is 11.5 Å². The van der Waals surface area contributed by atoms with Gasteiger partial charge in [0.1, 0.15) is 11.4 Å². The molecule has 3 heterocycles. The Kier molecular flexibility index (Phi) is 5.53. The third-order valence-electron chi connectivity index (χ3n) is 9.97. The van der Waals surface area contributed by atoms with Gasteiger partial charge in [-0.2, -0.15) is 0 Å². The van der Waals surface area contributed by atoms with Crippen molar-refractivity contribution in [1.29, 1.82) is 0 Å². The van der Waals surface area contributed by atoms with Crippen LogP contribution < -0.4 is 10.1 Å². The quantitative estimate of drug-likeness (QED) is 0.447. The molecule has 0 radical (unpaired) electrons. The van der Waals surface area contributed by atoms with Crippen molar-refractivity contribution in [3.8, 4) is 11.5 Å². The Balaban J connectivity index is 1.21. The first kappa shape index (κ1) is 26.0. The van der Waals surface area contributed by atoms with E-state index in [9.17, 15) is 24.9 Å². The van der Waals surface area contributed by atoms with E-state index >= 15 is 0 Å². The number of alkyl carbamates (subject to hydrolysis) is 1. The van der Waals surface area contributed by atoms with Crippen molar-refractivity contribution >= 4 is 12.0 Å². The van der Waals surface area contributed by atoms with Crippen molar-refractivity contribution in [3.63, 3.8) is 0 Å². The molecule has 5 atom stereocenters. The predicted octanol–water partition coefficient (Wildman–Crippen LogP) is 2.50. The van der Waals surface area contributed by atoms with Crippen LogP contribution >= 0.6 is 0 Å². The number of aromatic hydroxyl groups is 1. The van der Waals surface area contributed by atoms with E-state index in [2.05, 4.69) is 10.2 Å². The molecule has 2 amide bonds. The van der Waals surface area contributed by atoms with Gasteiger partial charge in [0.05, 0.1) is 22.6 Å². The third kappa shape index (κ3) is 3.67. The maximum Gasteiger partial charge on any atom is 0.407 e. The van der Waals surface area contributed by atoms with Gasteiger partial charge in [0.2, 0.25) is 0 Å². The number of carbonyl (C=O) groups excluding carboxylic acids is 2. The molecule has 3 fully saturated rings. The molecule has 1 aromatic rings. The van der Waals surface area contributed by atoms with Gasteiger partial charge in [-0.1, -0.05) is 6.07 Å². The van der Waals surface area contributed by atoms with Gasteiger partial charge in [0, 0.05) is 37.7 Å². The molecular formula is C30H39N3O7. The molecule has 1 aromatic carbocycles. The largest absolute Gasteiger partial charge is 0.508 e. The molecule has 3 aliphatic heterocycles. The minimum absolute atomic E-state index is 0.0125. The van der Waals surface area contributed by atoms with Gasteiger partial charge < -0.3 is 35.0 Å². The number of hydrogen-bond donors (Lipinski definition) is 4. The molecule has 0 unspecified atom stereocenters. The third-order valence-corrected chi connectivity index (χ3v) is 9.97. The maximum absolute atomic E-state index is 13.9. The summed E-state index contributed by atoms with van der Waals surface area (Å²) in [6.07, 6.45) is 2.66. The number of hydrogen-bond acceptors (Lipinski definition) is 8. The fraction of sp³-hybridized carbons (Fsp3) is 0.667. The smallest absolute Gasteiger partial charge is 0.407 e. The topological polar surface area (TPSA) is 132 Å². The zero-order valence-corrected chi connectivity index (χ0v) is 23.4. The van der Waals surface area contributed by atoms with Crippen LogP contribution in [0.1, 0.15) is 64.0 Å². The van der Waals surface area contributed by atoms with Gasteiger partial charge in [-0.15, -0.1) is 0 Å². The Hall–Kier alpha value is -2.98. The van der Waals surface area contributed by atoms with Crippen LogP contribution in [0.2, 0.25) is 0 Å². The molecule has 4 N–H and O–H groups in total. The van der Waals surface area contributed by atoms with Crippen LogP contribution in [-0.2, 0) is 21.4 Å². The number of benzene rings is 1. The number of carbonyl (C=O) groups is 2. The van der Waals surface area contributed by atoms with E-state index < -0.39 is 28.8 Å². The van der Waals surface area contributed by atoms with Crippen LogP contribution in [-0.4, -0.2) is 92.7 Å². The number of nitrogens with one attached hydrogen (secondary N) is 1. The van der Waals surface area contributed by atoms with Gasteiger partial charge in [0.15, 0.2) is 17.6 Å². The van der Waals surface area contributed by atoms with Gasteiger partial charge in [-0.25, -0.2) is 4.79 Å². The van der Waals surface area contributed by atoms with Crippen molar-refractivity contribution in [2.24, 2.45) is 5.92 Å². The number of nitrogens with zero attached hydrogens (tertiary/aromatic N) is 2. The first-order chi connectivity index (χ1) is 18.9. The van der Waals surface area contributed by atoms with Crippen molar-refractivity contribution in [1.82, 2.24) is 15.1 Å². The number of likely N-dealkylation sites (tertiary alicyclic amines) is 2. The number of amides is 2. The lowest BCUT2D eigenvalue weighted by Crippen LogP contribution is -2.75. The molecule has 1 spiro atoms. The molecule has 2 bridgehead atoms. The molecule has 10 nitrogen and oxygen atoms in total. The van der Waals surface area contributed by atoms with E-state index in [4.69, 9.17) is 9.47 Å². The van der Waals surface area contributed by atoms with Crippen LogP contribution in [0, 0.1) is 5.92 Å². The van der Waals surface area contributed by atoms with Gasteiger partial charge >= 0.3 is 6.09 Å². The zero-order valence-electron chi connectivity index (χ0n) is 23.4. The summed E-state index contributed by atoms with van der Waals surface area (Å²) >= 11 is 0. The van der Waals surface area contributed by atoms with E-state index in [1.54, 1.807) is 31.7 Å². The van der Waals surface area contributed by atoms with Crippen LogP contribution in [0.15, 0.2) is 23.5 Å². The molecule has 6 aliphatic rings. The number of rotatable bonds is 4. The standard InChI is InChI=1S/C30H39N3O7/c1-28(2,3)40-27(37)31-18-8-10-33(15-18)26(36)19-13-30(38)21-12-17-6-7-20(34)24-22(17)29(30,25(39-24)23(19)35)9-11-32(21)14-16-4-5-16/h6-7,16,18,21,25,34-35,38H,4-5,8-15H2,1-3H3,(H,31,37)/t18-,21+,25-,29-,30+/m0/s1. The minimum Gasteiger partial charge on any atom is -0.508 e. The lowest BCUT2D eigenvalue weighted by Gasteiger charge is -2.62. The average Bonchev–Trinajstić information content (AvgIpc) is 3.44. The second-order valence-corrected chi connectivity index (χ2v) is 13.7. The molecular weight excluding hydrogens is 514 g/mol. The molecule has 2 saturated heterocycles. The van der Waals surface area contributed by atoms with E-state index in [1.165, 1.54) is 12.8 Å². The molecule has 0 aromatic heterocycles. The summed E-state index contributed by atoms with van der Waals surface area (Å²) in [7, 11) is 0. The molecule has 40 heavy (non-hydrogen) atoms. The molecule has 10 heteroatoms. The zero-order chi connectivity index (χ0) is 28.2. The fourth-order valence-electron chi connectivity index (χ4n) is 8.08. The molecule has 216 valence electrons. The monoisotopic (exact) mass is 553 g/mol. The SMILES string of the molecule is CC(C)(C)OC(=O)N[C@H]1CCN(C(=O)C2=C(O)[C@@H]3Oc4c(O)ccc5c4[C@@]34CCN(CC3CC3)[C@H](C5)[C@]4(O)C2)C1. The Morgan fingerprint density at radius 1 is 1.18 bits per heavy atom. The number of piperidine rings is 1. The molecule has 7 rings (SSSR count). The van der Waals surface area contributed by atoms with Crippen LogP contribution in [0.25, 0.3) is 0 Å². The Bertz CT molecular complexity index is 1320. The molecule has 3 aliphatic carbocycles. The van der Waals surface area contributed by atoms with Gasteiger partial charge in [0.25, 0.3) is 5.91 Å². The first-order valence-corrected chi connectivity index (χ1v) is 14.6. The van der Waals surface area contributed by atoms with Gasteiger partial charge in [-0.3, -0.25) is 9.69 Å². The van der Waals surface area contributed by atoms with Crippen molar-refractivity contribution in [2.75, 3.05) is 26.2 Å². The van der Waals surface area contributed by atoms with Crippen molar-refractivity contribution in [2.45, 2.75) is 94.1 Å². The number of phenols is 1. The van der Waals surface area contributed by atoms with E-state index in [1.807, 2.05) is 6.07 Å². The summed E-state index contributed by atoms with van der Waals surface area (Å²) in [6.45, 7) is 7.76. The Morgan fingerprint density at radius 3 is 2.67 bits per heavy atom. The van der Waals surface area contributed by atoms with Crippen molar-refractivity contribution < 1.29 is 34.4 Å². The minimum atomic E-state index is -1.35. The average molecular weight is 554 g/mol. The number of aliphatic hydroxyl groups is 2. The maximum atomic E-state index is 13.9. The molecule has 1 saturated carbocycles. The summed E-state index contributed by atoms with van der Waals surface area (Å²) < 4.78 is 11.7. The van der Waals surface area contributed by atoms with Crippen LogP contribution in [0.3, 0.4) is 0 Å².